The molecule has 0 N–H and O–H groups in total. The lowest BCUT2D eigenvalue weighted by molar-refractivity contribution is -0.129. The Kier molecular flexibility index (Phi) is 4.02. The number of carbonyl (C=O) groups excluding carboxylic acids is 1. The molecule has 2 aromatic rings. The topological polar surface area (TPSA) is 38.7 Å². The van der Waals surface area contributed by atoms with Gasteiger partial charge >= 0.3 is 5.97 Å². The lowest BCUT2D eigenvalue weighted by Gasteiger charge is -2.04. The molecule has 2 heterocycles. The van der Waals surface area contributed by atoms with Gasteiger partial charge in [0.15, 0.2) is 5.70 Å². The van der Waals surface area contributed by atoms with Crippen molar-refractivity contribution in [1.82, 2.24) is 0 Å². The normalized spacial score (nSPS) is 16.4. The van der Waals surface area contributed by atoms with Gasteiger partial charge in [-0.25, -0.2) is 9.79 Å². The van der Waals surface area contributed by atoms with E-state index in [1.807, 2.05) is 61.7 Å². The zero-order valence-electron chi connectivity index (χ0n) is 12.4. The van der Waals surface area contributed by atoms with E-state index in [0.717, 1.165) is 21.6 Å². The number of hydrogen-bond donors (Lipinski definition) is 0. The van der Waals surface area contributed by atoms with Gasteiger partial charge in [0, 0.05) is 10.4 Å². The fourth-order valence-corrected chi connectivity index (χ4v) is 2.87. The van der Waals surface area contributed by atoms with E-state index in [1.165, 1.54) is 0 Å². The largest absolute Gasteiger partial charge is 0.402 e. The second-order valence-corrected chi connectivity index (χ2v) is 5.90. The van der Waals surface area contributed by atoms with Gasteiger partial charge in [-0.05, 0) is 54.6 Å². The first-order chi connectivity index (χ1) is 10.7. The third-order valence-electron chi connectivity index (χ3n) is 3.31. The number of benzene rings is 1. The molecular formula is C18H15NO2S. The van der Waals surface area contributed by atoms with Crippen LogP contribution in [-0.4, -0.2) is 11.9 Å². The number of allylic oxidation sites excluding steroid dienone is 1. The van der Waals surface area contributed by atoms with Crippen LogP contribution in [0.15, 0.2) is 52.5 Å². The monoisotopic (exact) mass is 309 g/mol. The first-order valence-electron chi connectivity index (χ1n) is 6.97. The van der Waals surface area contributed by atoms with Crippen molar-refractivity contribution in [1.29, 1.82) is 0 Å². The van der Waals surface area contributed by atoms with Crippen molar-refractivity contribution in [3.8, 4) is 0 Å². The van der Waals surface area contributed by atoms with Crippen LogP contribution < -0.4 is 0 Å². The summed E-state index contributed by atoms with van der Waals surface area (Å²) in [6.07, 6.45) is 5.79. The van der Waals surface area contributed by atoms with Gasteiger partial charge in [-0.2, -0.15) is 0 Å². The molecule has 0 unspecified atom stereocenters. The third-order valence-corrected chi connectivity index (χ3v) is 4.12. The highest BCUT2D eigenvalue weighted by molar-refractivity contribution is 7.10. The van der Waals surface area contributed by atoms with Gasteiger partial charge in [0.05, 0.1) is 0 Å². The number of cyclic esters (lactones) is 1. The summed E-state index contributed by atoms with van der Waals surface area (Å²) >= 11 is 1.56. The molecule has 0 amide bonds. The SMILES string of the molecule is C/C=C\c1ccc(C2=N/C(=C/c3cccs3)C(=O)O2)cc1C. The molecule has 4 heteroatoms. The fraction of sp³-hybridized carbons (Fsp3) is 0.111. The number of aliphatic imine (C=N–C) groups is 1. The van der Waals surface area contributed by atoms with Crippen LogP contribution in [-0.2, 0) is 9.53 Å². The van der Waals surface area contributed by atoms with Crippen molar-refractivity contribution in [2.24, 2.45) is 4.99 Å². The van der Waals surface area contributed by atoms with Gasteiger partial charge in [0.2, 0.25) is 5.90 Å². The van der Waals surface area contributed by atoms with E-state index in [4.69, 9.17) is 4.74 Å². The van der Waals surface area contributed by atoms with E-state index in [2.05, 4.69) is 4.99 Å². The van der Waals surface area contributed by atoms with Crippen molar-refractivity contribution in [2.45, 2.75) is 13.8 Å². The van der Waals surface area contributed by atoms with E-state index >= 15 is 0 Å². The molecule has 0 saturated heterocycles. The highest BCUT2D eigenvalue weighted by Gasteiger charge is 2.24. The number of hydrogen-bond acceptors (Lipinski definition) is 4. The molecule has 0 atom stereocenters. The van der Waals surface area contributed by atoms with Crippen LogP contribution in [0.4, 0.5) is 0 Å². The summed E-state index contributed by atoms with van der Waals surface area (Å²) in [5, 5.41) is 1.96. The molecule has 1 aromatic heterocycles. The van der Waals surface area contributed by atoms with Crippen LogP contribution in [0, 0.1) is 6.92 Å². The molecule has 0 bridgehead atoms. The number of thiophene rings is 1. The Morgan fingerprint density at radius 1 is 1.27 bits per heavy atom. The molecule has 0 aliphatic carbocycles. The molecule has 1 aromatic carbocycles. The smallest absolute Gasteiger partial charge is 0.363 e. The second-order valence-electron chi connectivity index (χ2n) is 4.92. The van der Waals surface area contributed by atoms with E-state index in [-0.39, 0.29) is 0 Å². The van der Waals surface area contributed by atoms with Gasteiger partial charge in [0.25, 0.3) is 0 Å². The molecule has 0 saturated carbocycles. The summed E-state index contributed by atoms with van der Waals surface area (Å²) < 4.78 is 5.29. The maximum absolute atomic E-state index is 11.9. The zero-order chi connectivity index (χ0) is 15.5. The van der Waals surface area contributed by atoms with E-state index < -0.39 is 5.97 Å². The number of carbonyl (C=O) groups is 1. The predicted octanol–water partition coefficient (Wildman–Crippen LogP) is 4.43. The Hall–Kier alpha value is -2.46. The average molecular weight is 309 g/mol. The minimum atomic E-state index is -0.404. The Labute approximate surface area is 133 Å². The van der Waals surface area contributed by atoms with Crippen molar-refractivity contribution < 1.29 is 9.53 Å². The molecule has 0 fully saturated rings. The Morgan fingerprint density at radius 2 is 2.14 bits per heavy atom. The standard InChI is InChI=1S/C18H15NO2S/c1-3-5-13-7-8-14(10-12(13)2)17-19-16(18(20)21-17)11-15-6-4-9-22-15/h3-11H,1-2H3/b5-3-,16-11+. The van der Waals surface area contributed by atoms with Crippen molar-refractivity contribution in [3.63, 3.8) is 0 Å². The van der Waals surface area contributed by atoms with Crippen LogP contribution in [0.1, 0.15) is 28.5 Å². The first-order valence-corrected chi connectivity index (χ1v) is 7.85. The molecule has 3 nitrogen and oxygen atoms in total. The summed E-state index contributed by atoms with van der Waals surface area (Å²) in [4.78, 5) is 17.2. The molecule has 1 aliphatic rings. The predicted molar refractivity (Wildman–Crippen MR) is 90.8 cm³/mol. The molecule has 22 heavy (non-hydrogen) atoms. The number of rotatable bonds is 3. The Morgan fingerprint density at radius 3 is 2.82 bits per heavy atom. The number of esters is 1. The quantitative estimate of drug-likeness (QED) is 0.621. The van der Waals surface area contributed by atoms with Gasteiger partial charge in [0.1, 0.15) is 0 Å². The summed E-state index contributed by atoms with van der Waals surface area (Å²) in [5.74, 6) is -0.0403. The Balaban J connectivity index is 1.93. The number of aryl methyl sites for hydroxylation is 1. The van der Waals surface area contributed by atoms with Gasteiger partial charge < -0.3 is 4.74 Å². The lowest BCUT2D eigenvalue weighted by atomic mass is 10.0. The number of nitrogens with zero attached hydrogens (tertiary/aromatic N) is 1. The average Bonchev–Trinajstić information content (AvgIpc) is 3.12. The van der Waals surface area contributed by atoms with E-state index in [1.54, 1.807) is 17.4 Å². The van der Waals surface area contributed by atoms with Crippen molar-refractivity contribution in [2.75, 3.05) is 0 Å². The second kappa shape index (κ2) is 6.12. The molecule has 0 spiro atoms. The van der Waals surface area contributed by atoms with Crippen LogP contribution in [0.2, 0.25) is 0 Å². The van der Waals surface area contributed by atoms with Crippen LogP contribution in [0.3, 0.4) is 0 Å². The van der Waals surface area contributed by atoms with Crippen molar-refractivity contribution >= 4 is 35.4 Å². The summed E-state index contributed by atoms with van der Waals surface area (Å²) in [5.41, 5.74) is 3.41. The first kappa shape index (κ1) is 14.5. The van der Waals surface area contributed by atoms with Crippen LogP contribution >= 0.6 is 11.3 Å². The minimum absolute atomic E-state index is 0.340. The van der Waals surface area contributed by atoms with Crippen LogP contribution in [0.25, 0.3) is 12.2 Å². The van der Waals surface area contributed by atoms with Crippen LogP contribution in [0.5, 0.6) is 0 Å². The van der Waals surface area contributed by atoms with Gasteiger partial charge in [-0.3, -0.25) is 0 Å². The zero-order valence-corrected chi connectivity index (χ0v) is 13.2. The highest BCUT2D eigenvalue weighted by Crippen LogP contribution is 2.22. The highest BCUT2D eigenvalue weighted by atomic mass is 32.1. The molecular weight excluding hydrogens is 294 g/mol. The summed E-state index contributed by atoms with van der Waals surface area (Å²) in [6, 6.07) is 9.78. The maximum atomic E-state index is 11.9. The summed E-state index contributed by atoms with van der Waals surface area (Å²) in [7, 11) is 0. The van der Waals surface area contributed by atoms with E-state index in [9.17, 15) is 4.79 Å². The molecule has 1 aliphatic heterocycles. The maximum Gasteiger partial charge on any atom is 0.363 e. The fourth-order valence-electron chi connectivity index (χ4n) is 2.22. The van der Waals surface area contributed by atoms with E-state index in [0.29, 0.717) is 11.6 Å². The molecule has 3 rings (SSSR count). The minimum Gasteiger partial charge on any atom is -0.402 e. The summed E-state index contributed by atoms with van der Waals surface area (Å²) in [6.45, 7) is 4.01. The third kappa shape index (κ3) is 2.92. The van der Waals surface area contributed by atoms with Gasteiger partial charge in [-0.15, -0.1) is 11.3 Å². The van der Waals surface area contributed by atoms with Crippen molar-refractivity contribution in [3.05, 3.63) is 69.1 Å². The lowest BCUT2D eigenvalue weighted by Crippen LogP contribution is -2.05. The number of ether oxygens (including phenoxy) is 1. The molecule has 0 radical (unpaired) electrons. The van der Waals surface area contributed by atoms with Gasteiger partial charge in [-0.1, -0.05) is 24.3 Å². The molecule has 110 valence electrons. The Bertz CT molecular complexity index is 798.